The van der Waals surface area contributed by atoms with E-state index in [0.717, 1.165) is 37.1 Å². The minimum absolute atomic E-state index is 0.0946. The van der Waals surface area contributed by atoms with Gasteiger partial charge in [-0.1, -0.05) is 13.3 Å². The maximum Gasteiger partial charge on any atom is 0.266 e. The molecule has 1 fully saturated rings. The molecular formula is C18H23N5O3. The Bertz CT molecular complexity index is 898. The highest BCUT2D eigenvalue weighted by molar-refractivity contribution is 5.75. The minimum atomic E-state index is -0.302. The lowest BCUT2D eigenvalue weighted by Gasteiger charge is -2.09. The Balaban J connectivity index is 1.52. The van der Waals surface area contributed by atoms with Gasteiger partial charge in [-0.05, 0) is 25.3 Å². The standard InChI is InChI=1S/C18H23N5O3/c1-2-3-14-10-18(26)22(12-20-14)11-16(24)19-8-9-23-17(25)7-6-15(21-23)13-4-5-13/h6-7,10,12-13H,2-5,8-9,11H2,1H3,(H,19,24). The molecule has 0 aromatic carbocycles. The molecule has 2 heterocycles. The summed E-state index contributed by atoms with van der Waals surface area (Å²) in [6.45, 7) is 2.49. The maximum atomic E-state index is 12.0. The predicted octanol–water partition coefficient (Wildman–Crippen LogP) is 0.446. The van der Waals surface area contributed by atoms with Gasteiger partial charge in [0.25, 0.3) is 11.1 Å². The van der Waals surface area contributed by atoms with Crippen LogP contribution >= 0.6 is 0 Å². The first kappa shape index (κ1) is 18.0. The number of hydrogen-bond acceptors (Lipinski definition) is 5. The van der Waals surface area contributed by atoms with Gasteiger partial charge in [-0.2, -0.15) is 5.10 Å². The van der Waals surface area contributed by atoms with Gasteiger partial charge in [-0.3, -0.25) is 19.0 Å². The van der Waals surface area contributed by atoms with E-state index in [4.69, 9.17) is 0 Å². The number of hydrogen-bond donors (Lipinski definition) is 1. The van der Waals surface area contributed by atoms with Crippen LogP contribution in [-0.4, -0.2) is 31.8 Å². The van der Waals surface area contributed by atoms with E-state index >= 15 is 0 Å². The summed E-state index contributed by atoms with van der Waals surface area (Å²) in [4.78, 5) is 40.0. The monoisotopic (exact) mass is 357 g/mol. The molecule has 138 valence electrons. The quantitative estimate of drug-likeness (QED) is 0.739. The smallest absolute Gasteiger partial charge is 0.266 e. The zero-order valence-corrected chi connectivity index (χ0v) is 14.9. The predicted molar refractivity (Wildman–Crippen MR) is 96.0 cm³/mol. The zero-order valence-electron chi connectivity index (χ0n) is 14.9. The number of nitrogens with zero attached hydrogens (tertiary/aromatic N) is 4. The van der Waals surface area contributed by atoms with Gasteiger partial charge in [0.2, 0.25) is 5.91 Å². The SMILES string of the molecule is CCCc1cc(=O)n(CC(=O)NCCn2nc(C3CC3)ccc2=O)cn1. The molecule has 0 atom stereocenters. The first-order valence-corrected chi connectivity index (χ1v) is 8.97. The summed E-state index contributed by atoms with van der Waals surface area (Å²) < 4.78 is 2.65. The first-order valence-electron chi connectivity index (χ1n) is 8.97. The lowest BCUT2D eigenvalue weighted by molar-refractivity contribution is -0.121. The number of carbonyl (C=O) groups is 1. The molecule has 8 nitrogen and oxygen atoms in total. The number of nitrogens with one attached hydrogen (secondary N) is 1. The normalized spacial score (nSPS) is 13.6. The maximum absolute atomic E-state index is 12.0. The van der Waals surface area contributed by atoms with Crippen LogP contribution in [0.25, 0.3) is 0 Å². The van der Waals surface area contributed by atoms with E-state index in [1.165, 1.54) is 27.7 Å². The summed E-state index contributed by atoms with van der Waals surface area (Å²) >= 11 is 0. The molecular weight excluding hydrogens is 334 g/mol. The van der Waals surface area contributed by atoms with E-state index in [2.05, 4.69) is 15.4 Å². The summed E-state index contributed by atoms with van der Waals surface area (Å²) in [6.07, 6.45) is 5.28. The van der Waals surface area contributed by atoms with Crippen molar-refractivity contribution < 1.29 is 4.79 Å². The molecule has 0 aliphatic heterocycles. The van der Waals surface area contributed by atoms with E-state index in [9.17, 15) is 14.4 Å². The van der Waals surface area contributed by atoms with E-state index < -0.39 is 0 Å². The molecule has 1 saturated carbocycles. The fourth-order valence-electron chi connectivity index (χ4n) is 2.71. The number of carbonyl (C=O) groups excluding carboxylic acids is 1. The first-order chi connectivity index (χ1) is 12.6. The van der Waals surface area contributed by atoms with E-state index in [-0.39, 0.29) is 30.1 Å². The van der Waals surface area contributed by atoms with Gasteiger partial charge in [-0.25, -0.2) is 9.67 Å². The lowest BCUT2D eigenvalue weighted by atomic mass is 10.2. The van der Waals surface area contributed by atoms with E-state index in [1.807, 2.05) is 6.92 Å². The highest BCUT2D eigenvalue weighted by Crippen LogP contribution is 2.38. The fraction of sp³-hybridized carbons (Fsp3) is 0.500. The number of rotatable bonds is 8. The zero-order chi connectivity index (χ0) is 18.5. The Hall–Kier alpha value is -2.77. The van der Waals surface area contributed by atoms with Gasteiger partial charge >= 0.3 is 0 Å². The highest BCUT2D eigenvalue weighted by Gasteiger charge is 2.25. The Morgan fingerprint density at radius 2 is 2.08 bits per heavy atom. The van der Waals surface area contributed by atoms with Crippen molar-refractivity contribution in [3.8, 4) is 0 Å². The van der Waals surface area contributed by atoms with E-state index in [0.29, 0.717) is 12.5 Å². The summed E-state index contributed by atoms with van der Waals surface area (Å²) in [7, 11) is 0. The third kappa shape index (κ3) is 4.65. The van der Waals surface area contributed by atoms with Crippen LogP contribution in [0.2, 0.25) is 0 Å². The number of aromatic nitrogens is 4. The molecule has 26 heavy (non-hydrogen) atoms. The average molecular weight is 357 g/mol. The van der Waals surface area contributed by atoms with Crippen molar-refractivity contribution in [2.24, 2.45) is 0 Å². The number of aryl methyl sites for hydroxylation is 1. The molecule has 1 aliphatic rings. The van der Waals surface area contributed by atoms with Crippen molar-refractivity contribution in [1.82, 2.24) is 24.6 Å². The van der Waals surface area contributed by atoms with Crippen LogP contribution in [0, 0.1) is 0 Å². The molecule has 2 aromatic heterocycles. The van der Waals surface area contributed by atoms with Gasteiger partial charge in [-0.15, -0.1) is 0 Å². The molecule has 0 spiro atoms. The largest absolute Gasteiger partial charge is 0.353 e. The van der Waals surface area contributed by atoms with Crippen LogP contribution in [-0.2, 0) is 24.3 Å². The lowest BCUT2D eigenvalue weighted by Crippen LogP contribution is -2.36. The summed E-state index contributed by atoms with van der Waals surface area (Å²) in [6, 6.07) is 4.76. The minimum Gasteiger partial charge on any atom is -0.353 e. The third-order valence-corrected chi connectivity index (χ3v) is 4.28. The average Bonchev–Trinajstić information content (AvgIpc) is 3.44. The van der Waals surface area contributed by atoms with Crippen LogP contribution in [0.1, 0.15) is 43.5 Å². The van der Waals surface area contributed by atoms with Crippen LogP contribution in [0.15, 0.2) is 34.1 Å². The molecule has 2 aromatic rings. The fourth-order valence-corrected chi connectivity index (χ4v) is 2.71. The van der Waals surface area contributed by atoms with Crippen LogP contribution < -0.4 is 16.4 Å². The van der Waals surface area contributed by atoms with Crippen LogP contribution in [0.5, 0.6) is 0 Å². The van der Waals surface area contributed by atoms with Gasteiger partial charge in [0, 0.05) is 30.3 Å². The molecule has 1 N–H and O–H groups in total. The summed E-state index contributed by atoms with van der Waals surface area (Å²) in [5, 5.41) is 7.06. The molecule has 3 rings (SSSR count). The second kappa shape index (κ2) is 8.07. The summed E-state index contributed by atoms with van der Waals surface area (Å²) in [5.74, 6) is 0.162. The molecule has 8 heteroatoms. The molecule has 0 bridgehead atoms. The summed E-state index contributed by atoms with van der Waals surface area (Å²) in [5.41, 5.74) is 1.24. The third-order valence-electron chi connectivity index (χ3n) is 4.28. The molecule has 0 radical (unpaired) electrons. The molecule has 1 amide bonds. The van der Waals surface area contributed by atoms with Crippen molar-refractivity contribution in [2.75, 3.05) is 6.54 Å². The van der Waals surface area contributed by atoms with Crippen LogP contribution in [0.4, 0.5) is 0 Å². The van der Waals surface area contributed by atoms with Crippen molar-refractivity contribution in [2.45, 2.75) is 51.6 Å². The van der Waals surface area contributed by atoms with Crippen molar-refractivity contribution in [3.63, 3.8) is 0 Å². The second-order valence-corrected chi connectivity index (χ2v) is 6.54. The van der Waals surface area contributed by atoms with E-state index in [1.54, 1.807) is 6.07 Å². The van der Waals surface area contributed by atoms with Crippen LogP contribution in [0.3, 0.4) is 0 Å². The Kier molecular flexibility index (Phi) is 5.60. The molecule has 0 saturated heterocycles. The Labute approximate surface area is 150 Å². The highest BCUT2D eigenvalue weighted by atomic mass is 16.2. The van der Waals surface area contributed by atoms with Gasteiger partial charge in [0.15, 0.2) is 0 Å². The number of amides is 1. The van der Waals surface area contributed by atoms with Crippen molar-refractivity contribution in [1.29, 1.82) is 0 Å². The van der Waals surface area contributed by atoms with Gasteiger partial charge in [0.1, 0.15) is 6.54 Å². The second-order valence-electron chi connectivity index (χ2n) is 6.54. The van der Waals surface area contributed by atoms with Gasteiger partial charge in [0.05, 0.1) is 18.6 Å². The molecule has 0 unspecified atom stereocenters. The Morgan fingerprint density at radius 3 is 2.77 bits per heavy atom. The van der Waals surface area contributed by atoms with Gasteiger partial charge < -0.3 is 5.32 Å². The van der Waals surface area contributed by atoms with Crippen molar-refractivity contribution >= 4 is 5.91 Å². The topological polar surface area (TPSA) is 98.9 Å². The van der Waals surface area contributed by atoms with Crippen molar-refractivity contribution in [3.05, 3.63) is 56.6 Å². The Morgan fingerprint density at radius 1 is 1.27 bits per heavy atom. The molecule has 1 aliphatic carbocycles.